The van der Waals surface area contributed by atoms with Gasteiger partial charge in [-0.3, -0.25) is 4.90 Å². The largest absolute Gasteiger partial charge is 0.354 e. The molecule has 0 atom stereocenters. The van der Waals surface area contributed by atoms with Gasteiger partial charge >= 0.3 is 0 Å². The van der Waals surface area contributed by atoms with Crippen molar-refractivity contribution in [3.63, 3.8) is 0 Å². The SMILES string of the molecule is Cl.Cn1c(SCCCN2CCN(c3cc(C(C)(C)C)nc(C(C)(C)C)n3)CC2)nnc1C1CCC1. The molecule has 1 saturated heterocycles. The average Bonchev–Trinajstić information content (AvgIpc) is 3.09. The summed E-state index contributed by atoms with van der Waals surface area (Å²) in [5.41, 5.74) is 1.08. The first-order valence-electron chi connectivity index (χ1n) is 12.9. The lowest BCUT2D eigenvalue weighted by atomic mass is 9.85. The molecular formula is C26H44ClN7S. The van der Waals surface area contributed by atoms with E-state index in [4.69, 9.17) is 9.97 Å². The molecule has 0 radical (unpaired) electrons. The van der Waals surface area contributed by atoms with Crippen LogP contribution in [-0.4, -0.2) is 68.1 Å². The maximum atomic E-state index is 4.99. The van der Waals surface area contributed by atoms with Gasteiger partial charge in [0.25, 0.3) is 0 Å². The van der Waals surface area contributed by atoms with Crippen LogP contribution in [-0.2, 0) is 17.9 Å². The first-order chi connectivity index (χ1) is 16.0. The summed E-state index contributed by atoms with van der Waals surface area (Å²) in [7, 11) is 2.12. The van der Waals surface area contributed by atoms with E-state index in [0.29, 0.717) is 5.92 Å². The molecule has 35 heavy (non-hydrogen) atoms. The molecule has 0 unspecified atom stereocenters. The Morgan fingerprint density at radius 1 is 0.943 bits per heavy atom. The number of piperazine rings is 1. The van der Waals surface area contributed by atoms with E-state index in [1.165, 1.54) is 31.5 Å². The van der Waals surface area contributed by atoms with Crippen molar-refractivity contribution in [2.45, 2.75) is 89.1 Å². The summed E-state index contributed by atoms with van der Waals surface area (Å²) in [5.74, 6) is 4.94. The molecule has 0 amide bonds. The van der Waals surface area contributed by atoms with Crippen LogP contribution in [0.2, 0.25) is 0 Å². The number of thioether (sulfide) groups is 1. The Bertz CT molecular complexity index is 935. The molecular weight excluding hydrogens is 478 g/mol. The molecule has 9 heteroatoms. The molecule has 4 rings (SSSR count). The van der Waals surface area contributed by atoms with Crippen LogP contribution in [0.25, 0.3) is 0 Å². The fourth-order valence-corrected chi connectivity index (χ4v) is 5.28. The number of hydrogen-bond acceptors (Lipinski definition) is 7. The Hall–Kier alpha value is -1.38. The Balaban J connectivity index is 0.00000342. The average molecular weight is 522 g/mol. The van der Waals surface area contributed by atoms with Gasteiger partial charge in [0.2, 0.25) is 0 Å². The Kier molecular flexibility index (Phi) is 9.14. The topological polar surface area (TPSA) is 63.0 Å². The molecule has 0 N–H and O–H groups in total. The monoisotopic (exact) mass is 521 g/mol. The van der Waals surface area contributed by atoms with E-state index < -0.39 is 0 Å². The van der Waals surface area contributed by atoms with Crippen LogP contribution < -0.4 is 4.90 Å². The molecule has 2 fully saturated rings. The number of anilines is 1. The predicted octanol–water partition coefficient (Wildman–Crippen LogP) is 5.19. The number of rotatable bonds is 7. The fourth-order valence-electron chi connectivity index (χ4n) is 4.44. The van der Waals surface area contributed by atoms with Crippen LogP contribution in [0.3, 0.4) is 0 Å². The highest BCUT2D eigenvalue weighted by atomic mass is 35.5. The minimum Gasteiger partial charge on any atom is -0.354 e. The third-order valence-electron chi connectivity index (χ3n) is 7.04. The molecule has 2 aromatic rings. The van der Waals surface area contributed by atoms with Gasteiger partial charge in [0.05, 0.1) is 5.69 Å². The van der Waals surface area contributed by atoms with Crippen molar-refractivity contribution in [2.24, 2.45) is 7.05 Å². The minimum atomic E-state index is -0.0587. The lowest BCUT2D eigenvalue weighted by Gasteiger charge is -2.36. The second kappa shape index (κ2) is 11.3. The van der Waals surface area contributed by atoms with Crippen LogP contribution >= 0.6 is 24.2 Å². The minimum absolute atomic E-state index is 0. The van der Waals surface area contributed by atoms with Crippen molar-refractivity contribution in [1.29, 1.82) is 0 Å². The lowest BCUT2D eigenvalue weighted by Crippen LogP contribution is -2.47. The third-order valence-corrected chi connectivity index (χ3v) is 8.14. The summed E-state index contributed by atoms with van der Waals surface area (Å²) in [6, 6.07) is 2.21. The molecule has 1 aliphatic heterocycles. The lowest BCUT2D eigenvalue weighted by molar-refractivity contribution is 0.258. The van der Waals surface area contributed by atoms with Crippen LogP contribution in [0.4, 0.5) is 5.82 Å². The highest BCUT2D eigenvalue weighted by Gasteiger charge is 2.27. The first kappa shape index (κ1) is 28.2. The van der Waals surface area contributed by atoms with E-state index in [9.17, 15) is 0 Å². The molecule has 1 saturated carbocycles. The van der Waals surface area contributed by atoms with E-state index in [1.807, 2.05) is 11.8 Å². The normalized spacial score (nSPS) is 17.9. The van der Waals surface area contributed by atoms with Crippen molar-refractivity contribution >= 4 is 30.0 Å². The van der Waals surface area contributed by atoms with Gasteiger partial charge in [0.1, 0.15) is 17.5 Å². The maximum absolute atomic E-state index is 4.99. The van der Waals surface area contributed by atoms with Crippen molar-refractivity contribution in [2.75, 3.05) is 43.4 Å². The van der Waals surface area contributed by atoms with Gasteiger partial charge in [-0.2, -0.15) is 0 Å². The van der Waals surface area contributed by atoms with Crippen LogP contribution in [0.15, 0.2) is 11.2 Å². The van der Waals surface area contributed by atoms with Gasteiger partial charge in [-0.05, 0) is 25.8 Å². The molecule has 196 valence electrons. The fraction of sp³-hybridized carbons (Fsp3) is 0.769. The van der Waals surface area contributed by atoms with Gasteiger partial charge in [-0.15, -0.1) is 22.6 Å². The molecule has 2 aromatic heterocycles. The number of aromatic nitrogens is 5. The Morgan fingerprint density at radius 2 is 1.63 bits per heavy atom. The van der Waals surface area contributed by atoms with E-state index in [0.717, 1.165) is 61.0 Å². The quantitative estimate of drug-likeness (QED) is 0.366. The number of nitrogens with zero attached hydrogens (tertiary/aromatic N) is 7. The zero-order valence-electron chi connectivity index (χ0n) is 22.7. The second-order valence-electron chi connectivity index (χ2n) is 12.0. The number of hydrogen-bond donors (Lipinski definition) is 0. The molecule has 2 aliphatic rings. The van der Waals surface area contributed by atoms with Crippen molar-refractivity contribution in [3.8, 4) is 0 Å². The standard InChI is InChI=1S/C26H43N7S.ClH/c1-25(2,3)20-18-21(28-23(27-20)26(4,5)6)33-15-13-32(14-16-33)12-9-17-34-24-30-29-22(31(24)7)19-10-8-11-19;/h18-19H,8-17H2,1-7H3;1H. The summed E-state index contributed by atoms with van der Waals surface area (Å²) < 4.78 is 2.21. The smallest absolute Gasteiger partial charge is 0.190 e. The molecule has 3 heterocycles. The summed E-state index contributed by atoms with van der Waals surface area (Å²) >= 11 is 1.85. The Labute approximate surface area is 222 Å². The van der Waals surface area contributed by atoms with E-state index >= 15 is 0 Å². The Morgan fingerprint density at radius 3 is 2.20 bits per heavy atom. The second-order valence-corrected chi connectivity index (χ2v) is 13.1. The van der Waals surface area contributed by atoms with Gasteiger partial charge in [-0.25, -0.2) is 9.97 Å². The molecule has 0 spiro atoms. The van der Waals surface area contributed by atoms with Gasteiger partial charge in [0.15, 0.2) is 5.16 Å². The highest BCUT2D eigenvalue weighted by Crippen LogP contribution is 2.36. The maximum Gasteiger partial charge on any atom is 0.190 e. The van der Waals surface area contributed by atoms with Gasteiger partial charge in [-0.1, -0.05) is 59.7 Å². The first-order valence-corrected chi connectivity index (χ1v) is 13.9. The van der Waals surface area contributed by atoms with E-state index in [2.05, 4.69) is 79.2 Å². The third kappa shape index (κ3) is 6.89. The summed E-state index contributed by atoms with van der Waals surface area (Å²) in [4.78, 5) is 14.9. The predicted molar refractivity (Wildman–Crippen MR) is 148 cm³/mol. The van der Waals surface area contributed by atoms with Crippen LogP contribution in [0.5, 0.6) is 0 Å². The molecule has 0 bridgehead atoms. The van der Waals surface area contributed by atoms with Crippen LogP contribution in [0.1, 0.15) is 90.5 Å². The zero-order valence-corrected chi connectivity index (χ0v) is 24.3. The van der Waals surface area contributed by atoms with Crippen LogP contribution in [0, 0.1) is 0 Å². The highest BCUT2D eigenvalue weighted by molar-refractivity contribution is 7.99. The van der Waals surface area contributed by atoms with Crippen molar-refractivity contribution in [1.82, 2.24) is 29.6 Å². The summed E-state index contributed by atoms with van der Waals surface area (Å²) in [6.45, 7) is 18.6. The molecule has 7 nitrogen and oxygen atoms in total. The van der Waals surface area contributed by atoms with Gasteiger partial charge in [0, 0.05) is 61.8 Å². The number of halogens is 1. The molecule has 1 aliphatic carbocycles. The van der Waals surface area contributed by atoms with Gasteiger partial charge < -0.3 is 9.47 Å². The summed E-state index contributed by atoms with van der Waals surface area (Å²) in [6.07, 6.45) is 5.05. The van der Waals surface area contributed by atoms with E-state index in [1.54, 1.807) is 0 Å². The van der Waals surface area contributed by atoms with Crippen molar-refractivity contribution < 1.29 is 0 Å². The molecule has 0 aromatic carbocycles. The summed E-state index contributed by atoms with van der Waals surface area (Å²) in [5, 5.41) is 9.96. The van der Waals surface area contributed by atoms with E-state index in [-0.39, 0.29) is 23.2 Å². The van der Waals surface area contributed by atoms with Crippen molar-refractivity contribution in [3.05, 3.63) is 23.4 Å². The zero-order chi connectivity index (χ0) is 24.5.